The van der Waals surface area contributed by atoms with Gasteiger partial charge in [-0.2, -0.15) is 0 Å². The van der Waals surface area contributed by atoms with Crippen LogP contribution in [-0.2, 0) is 14.4 Å². The molecule has 1 aromatic carbocycles. The quantitative estimate of drug-likeness (QED) is 0.834. The average Bonchev–Trinajstić information content (AvgIpc) is 2.97. The number of nitrogens with zero attached hydrogens (tertiary/aromatic N) is 1. The van der Waals surface area contributed by atoms with E-state index in [2.05, 4.69) is 10.5 Å². The van der Waals surface area contributed by atoms with E-state index < -0.39 is 18.0 Å². The zero-order valence-corrected chi connectivity index (χ0v) is 11.5. The van der Waals surface area contributed by atoms with Crippen molar-refractivity contribution < 1.29 is 29.0 Å². The van der Waals surface area contributed by atoms with Crippen molar-refractivity contribution in [3.05, 3.63) is 18.2 Å². The first kappa shape index (κ1) is 14.6. The molecule has 1 aliphatic rings. The van der Waals surface area contributed by atoms with E-state index in [1.165, 1.54) is 14.2 Å². The van der Waals surface area contributed by atoms with Crippen molar-refractivity contribution >= 4 is 23.3 Å². The minimum absolute atomic E-state index is 0.0749. The first-order chi connectivity index (χ1) is 10.0. The van der Waals surface area contributed by atoms with Gasteiger partial charge in [-0.15, -0.1) is 0 Å². The Hall–Kier alpha value is -2.77. The third kappa shape index (κ3) is 3.22. The first-order valence-corrected chi connectivity index (χ1v) is 6.04. The normalized spacial score (nSPS) is 16.7. The molecule has 112 valence electrons. The predicted octanol–water partition coefficient (Wildman–Crippen LogP) is 0.872. The number of carboxylic acids is 1. The Kier molecular flexibility index (Phi) is 4.27. The lowest BCUT2D eigenvalue weighted by atomic mass is 10.1. The van der Waals surface area contributed by atoms with Gasteiger partial charge in [0.2, 0.25) is 6.10 Å². The molecule has 1 amide bonds. The average molecular weight is 294 g/mol. The fourth-order valence-corrected chi connectivity index (χ4v) is 1.78. The van der Waals surface area contributed by atoms with E-state index in [9.17, 15) is 9.59 Å². The number of hydrogen-bond donors (Lipinski definition) is 2. The number of ether oxygens (including phenoxy) is 2. The van der Waals surface area contributed by atoms with E-state index in [0.29, 0.717) is 17.2 Å². The Bertz CT molecular complexity index is 598. The topological polar surface area (TPSA) is 106 Å². The monoisotopic (exact) mass is 294 g/mol. The summed E-state index contributed by atoms with van der Waals surface area (Å²) in [5.74, 6) is -0.687. The van der Waals surface area contributed by atoms with E-state index in [-0.39, 0.29) is 12.1 Å². The van der Waals surface area contributed by atoms with Crippen LogP contribution < -0.4 is 14.8 Å². The lowest BCUT2D eigenvalue weighted by Crippen LogP contribution is -2.28. The van der Waals surface area contributed by atoms with Crippen LogP contribution in [0.4, 0.5) is 5.69 Å². The Morgan fingerprint density at radius 2 is 2.05 bits per heavy atom. The summed E-state index contributed by atoms with van der Waals surface area (Å²) in [6.07, 6.45) is -1.03. The van der Waals surface area contributed by atoms with Gasteiger partial charge in [-0.25, -0.2) is 4.79 Å². The molecule has 0 aliphatic carbocycles. The number of nitrogens with one attached hydrogen (secondary N) is 1. The zero-order valence-electron chi connectivity index (χ0n) is 11.5. The van der Waals surface area contributed by atoms with Crippen LogP contribution in [0.25, 0.3) is 0 Å². The van der Waals surface area contributed by atoms with Gasteiger partial charge in [-0.05, 0) is 12.1 Å². The number of amides is 1. The molecule has 21 heavy (non-hydrogen) atoms. The minimum Gasteiger partial charge on any atom is -0.493 e. The molecule has 0 aromatic heterocycles. The van der Waals surface area contributed by atoms with Crippen molar-refractivity contribution in [2.75, 3.05) is 19.5 Å². The molecule has 1 heterocycles. The molecule has 0 saturated heterocycles. The Morgan fingerprint density at radius 3 is 2.62 bits per heavy atom. The number of carboxylic acid groups (broad SMARTS) is 1. The van der Waals surface area contributed by atoms with Gasteiger partial charge in [0.25, 0.3) is 5.91 Å². The summed E-state index contributed by atoms with van der Waals surface area (Å²) in [6.45, 7) is 0. The second kappa shape index (κ2) is 6.12. The number of carbonyl (C=O) groups is 2. The van der Waals surface area contributed by atoms with E-state index in [1.807, 2.05) is 0 Å². The molecule has 1 aromatic rings. The summed E-state index contributed by atoms with van der Waals surface area (Å²) < 4.78 is 10.2. The molecule has 0 saturated carbocycles. The van der Waals surface area contributed by atoms with Crippen LogP contribution in [0, 0.1) is 0 Å². The fraction of sp³-hybridized carbons (Fsp3) is 0.308. The maximum Gasteiger partial charge on any atom is 0.353 e. The standard InChI is InChI=1S/C13H14N2O6/c1-19-9-4-3-7(5-10(9)20-2)14-12(16)11-6-8(13(17)18)15-21-11/h3-5,11H,6H2,1-2H3,(H,14,16)(H,17,18). The smallest absolute Gasteiger partial charge is 0.353 e. The van der Waals surface area contributed by atoms with Gasteiger partial charge in [-0.1, -0.05) is 5.16 Å². The number of carbonyl (C=O) groups excluding carboxylic acids is 1. The number of benzene rings is 1. The Balaban J connectivity index is 2.02. The van der Waals surface area contributed by atoms with E-state index in [0.717, 1.165) is 0 Å². The van der Waals surface area contributed by atoms with E-state index in [1.54, 1.807) is 18.2 Å². The van der Waals surface area contributed by atoms with Crippen LogP contribution >= 0.6 is 0 Å². The fourth-order valence-electron chi connectivity index (χ4n) is 1.78. The van der Waals surface area contributed by atoms with Gasteiger partial charge in [0.05, 0.1) is 14.2 Å². The summed E-state index contributed by atoms with van der Waals surface area (Å²) >= 11 is 0. The van der Waals surface area contributed by atoms with Crippen molar-refractivity contribution in [1.29, 1.82) is 0 Å². The highest BCUT2D eigenvalue weighted by Gasteiger charge is 2.31. The molecule has 1 aliphatic heterocycles. The molecular weight excluding hydrogens is 280 g/mol. The number of hydrogen-bond acceptors (Lipinski definition) is 6. The van der Waals surface area contributed by atoms with Crippen molar-refractivity contribution in [3.63, 3.8) is 0 Å². The molecule has 8 heteroatoms. The molecule has 0 fully saturated rings. The van der Waals surface area contributed by atoms with Crippen LogP contribution in [0.1, 0.15) is 6.42 Å². The largest absolute Gasteiger partial charge is 0.493 e. The Morgan fingerprint density at radius 1 is 1.33 bits per heavy atom. The summed E-state index contributed by atoms with van der Waals surface area (Å²) in [6, 6.07) is 4.86. The highest BCUT2D eigenvalue weighted by Crippen LogP contribution is 2.30. The molecule has 1 atom stereocenters. The van der Waals surface area contributed by atoms with Gasteiger partial charge in [0.15, 0.2) is 17.2 Å². The molecule has 0 spiro atoms. The summed E-state index contributed by atoms with van der Waals surface area (Å²) in [4.78, 5) is 27.5. The number of anilines is 1. The van der Waals surface area contributed by atoms with Crippen molar-refractivity contribution in [2.24, 2.45) is 5.16 Å². The zero-order chi connectivity index (χ0) is 15.4. The lowest BCUT2D eigenvalue weighted by Gasteiger charge is -2.12. The van der Waals surface area contributed by atoms with Crippen LogP contribution in [0.3, 0.4) is 0 Å². The van der Waals surface area contributed by atoms with Crippen molar-refractivity contribution in [3.8, 4) is 11.5 Å². The minimum atomic E-state index is -1.20. The third-order valence-electron chi connectivity index (χ3n) is 2.86. The van der Waals surface area contributed by atoms with Gasteiger partial charge >= 0.3 is 5.97 Å². The summed E-state index contributed by atoms with van der Waals surface area (Å²) in [7, 11) is 2.99. The van der Waals surface area contributed by atoms with Gasteiger partial charge < -0.3 is 24.7 Å². The lowest BCUT2D eigenvalue weighted by molar-refractivity contribution is -0.129. The molecule has 2 N–H and O–H groups in total. The molecule has 8 nitrogen and oxygen atoms in total. The second-order valence-electron chi connectivity index (χ2n) is 4.20. The van der Waals surface area contributed by atoms with Crippen molar-refractivity contribution in [1.82, 2.24) is 0 Å². The van der Waals surface area contributed by atoms with Gasteiger partial charge in [0.1, 0.15) is 0 Å². The molecule has 0 radical (unpaired) electrons. The first-order valence-electron chi connectivity index (χ1n) is 6.04. The highest BCUT2D eigenvalue weighted by atomic mass is 16.6. The van der Waals surface area contributed by atoms with Crippen LogP contribution in [0.5, 0.6) is 11.5 Å². The molecule has 1 unspecified atom stereocenters. The molecular formula is C13H14N2O6. The SMILES string of the molecule is COc1ccc(NC(=O)C2CC(C(=O)O)=NO2)cc1OC. The highest BCUT2D eigenvalue weighted by molar-refractivity contribution is 6.36. The third-order valence-corrected chi connectivity index (χ3v) is 2.86. The summed E-state index contributed by atoms with van der Waals surface area (Å²) in [5, 5.41) is 14.7. The van der Waals surface area contributed by atoms with Crippen LogP contribution in [0.15, 0.2) is 23.4 Å². The number of aliphatic carboxylic acids is 1. The van der Waals surface area contributed by atoms with E-state index in [4.69, 9.17) is 19.4 Å². The second-order valence-corrected chi connectivity index (χ2v) is 4.20. The predicted molar refractivity (Wildman–Crippen MR) is 72.7 cm³/mol. The van der Waals surface area contributed by atoms with Gasteiger partial charge in [-0.3, -0.25) is 4.79 Å². The molecule has 2 rings (SSSR count). The van der Waals surface area contributed by atoms with Gasteiger partial charge in [0, 0.05) is 18.2 Å². The number of oxime groups is 1. The number of rotatable bonds is 5. The maximum atomic E-state index is 12.0. The van der Waals surface area contributed by atoms with Crippen molar-refractivity contribution in [2.45, 2.75) is 12.5 Å². The number of methoxy groups -OCH3 is 2. The Labute approximate surface area is 120 Å². The molecule has 0 bridgehead atoms. The van der Waals surface area contributed by atoms with Crippen LogP contribution in [0.2, 0.25) is 0 Å². The maximum absolute atomic E-state index is 12.0. The van der Waals surface area contributed by atoms with E-state index >= 15 is 0 Å². The van der Waals surface area contributed by atoms with Crippen LogP contribution in [-0.4, -0.2) is 43.0 Å². The summed E-state index contributed by atoms with van der Waals surface area (Å²) in [5.41, 5.74) is 0.299.